The number of carbonyl (C=O) groups is 1. The summed E-state index contributed by atoms with van der Waals surface area (Å²) in [5.74, 6) is 0. The molecule has 1 aromatic rings. The standard InChI is InChI=1S/C11H15N3O/c1-8(2)13-7-14(11(12)15)10-6-4-3-5-9(10)13/h3-6,8H,7H2,1-2H3,(H2,12,15). The van der Waals surface area contributed by atoms with Gasteiger partial charge in [0.25, 0.3) is 0 Å². The Morgan fingerprint density at radius 3 is 2.47 bits per heavy atom. The van der Waals surface area contributed by atoms with E-state index in [0.29, 0.717) is 12.7 Å². The maximum absolute atomic E-state index is 11.3. The lowest BCUT2D eigenvalue weighted by molar-refractivity contribution is 0.254. The molecule has 0 unspecified atom stereocenters. The van der Waals surface area contributed by atoms with E-state index in [1.807, 2.05) is 24.3 Å². The van der Waals surface area contributed by atoms with Gasteiger partial charge in [-0.15, -0.1) is 0 Å². The summed E-state index contributed by atoms with van der Waals surface area (Å²) in [4.78, 5) is 15.0. The van der Waals surface area contributed by atoms with Crippen LogP contribution in [0.2, 0.25) is 0 Å². The van der Waals surface area contributed by atoms with Crippen molar-refractivity contribution in [3.05, 3.63) is 24.3 Å². The summed E-state index contributed by atoms with van der Waals surface area (Å²) in [6.07, 6.45) is 0. The second-order valence-electron chi connectivity index (χ2n) is 3.96. The molecule has 0 aliphatic carbocycles. The topological polar surface area (TPSA) is 49.6 Å². The molecule has 0 bridgehead atoms. The molecule has 4 heteroatoms. The lowest BCUT2D eigenvalue weighted by atomic mass is 10.2. The minimum Gasteiger partial charge on any atom is -0.351 e. The third kappa shape index (κ3) is 1.52. The summed E-state index contributed by atoms with van der Waals surface area (Å²) in [6, 6.07) is 7.78. The van der Waals surface area contributed by atoms with Crippen LogP contribution in [0.1, 0.15) is 13.8 Å². The molecule has 1 aliphatic heterocycles. The highest BCUT2D eigenvalue weighted by Crippen LogP contribution is 2.36. The molecule has 2 rings (SSSR count). The Kier molecular flexibility index (Phi) is 2.26. The third-order valence-corrected chi connectivity index (χ3v) is 2.67. The fourth-order valence-electron chi connectivity index (χ4n) is 1.87. The number of urea groups is 1. The van der Waals surface area contributed by atoms with Gasteiger partial charge in [-0.2, -0.15) is 0 Å². The summed E-state index contributed by atoms with van der Waals surface area (Å²) >= 11 is 0. The van der Waals surface area contributed by atoms with Crippen molar-refractivity contribution in [1.29, 1.82) is 0 Å². The predicted octanol–water partition coefficient (Wildman–Crippen LogP) is 1.76. The van der Waals surface area contributed by atoms with Gasteiger partial charge in [0.1, 0.15) is 6.67 Å². The number of amides is 2. The quantitative estimate of drug-likeness (QED) is 0.759. The molecule has 0 saturated carbocycles. The normalized spacial score (nSPS) is 14.6. The Hall–Kier alpha value is -1.71. The van der Waals surface area contributed by atoms with Crippen molar-refractivity contribution in [2.75, 3.05) is 16.5 Å². The second kappa shape index (κ2) is 3.46. The number of hydrogen-bond donors (Lipinski definition) is 1. The molecule has 0 radical (unpaired) electrons. The summed E-state index contributed by atoms with van der Waals surface area (Å²) in [7, 11) is 0. The van der Waals surface area contributed by atoms with E-state index in [0.717, 1.165) is 11.4 Å². The van der Waals surface area contributed by atoms with Crippen LogP contribution >= 0.6 is 0 Å². The van der Waals surface area contributed by atoms with Crippen LogP contribution in [-0.2, 0) is 0 Å². The van der Waals surface area contributed by atoms with Gasteiger partial charge in [0, 0.05) is 6.04 Å². The highest BCUT2D eigenvalue weighted by Gasteiger charge is 2.29. The molecule has 2 amide bonds. The van der Waals surface area contributed by atoms with E-state index in [9.17, 15) is 4.79 Å². The number of benzene rings is 1. The largest absolute Gasteiger partial charge is 0.351 e. The molecule has 0 fully saturated rings. The third-order valence-electron chi connectivity index (χ3n) is 2.67. The molecule has 0 saturated heterocycles. The van der Waals surface area contributed by atoms with Gasteiger partial charge < -0.3 is 10.6 Å². The van der Waals surface area contributed by atoms with E-state index < -0.39 is 6.03 Å². The number of primary amides is 1. The Labute approximate surface area is 89.3 Å². The van der Waals surface area contributed by atoms with Crippen LogP contribution in [0.15, 0.2) is 24.3 Å². The number of anilines is 2. The average molecular weight is 205 g/mol. The number of hydrogen-bond acceptors (Lipinski definition) is 2. The zero-order chi connectivity index (χ0) is 11.0. The fraction of sp³-hybridized carbons (Fsp3) is 0.364. The minimum atomic E-state index is -0.398. The van der Waals surface area contributed by atoms with E-state index in [1.54, 1.807) is 4.90 Å². The van der Waals surface area contributed by atoms with Gasteiger partial charge in [0.2, 0.25) is 0 Å². The minimum absolute atomic E-state index is 0.357. The van der Waals surface area contributed by atoms with Crippen molar-refractivity contribution >= 4 is 17.4 Å². The van der Waals surface area contributed by atoms with Crippen molar-refractivity contribution in [2.24, 2.45) is 5.73 Å². The van der Waals surface area contributed by atoms with Gasteiger partial charge in [-0.05, 0) is 26.0 Å². The fourth-order valence-corrected chi connectivity index (χ4v) is 1.87. The Morgan fingerprint density at radius 2 is 1.93 bits per heavy atom. The monoisotopic (exact) mass is 205 g/mol. The van der Waals surface area contributed by atoms with Gasteiger partial charge in [0.05, 0.1) is 11.4 Å². The van der Waals surface area contributed by atoms with Crippen LogP contribution in [0.5, 0.6) is 0 Å². The Balaban J connectivity index is 2.44. The Bertz CT molecular complexity index is 389. The maximum atomic E-state index is 11.3. The molecule has 0 spiro atoms. The van der Waals surface area contributed by atoms with Gasteiger partial charge in [-0.25, -0.2) is 4.79 Å². The maximum Gasteiger partial charge on any atom is 0.320 e. The van der Waals surface area contributed by atoms with Crippen molar-refractivity contribution in [3.8, 4) is 0 Å². The molecule has 15 heavy (non-hydrogen) atoms. The van der Waals surface area contributed by atoms with E-state index in [2.05, 4.69) is 18.7 Å². The van der Waals surface area contributed by atoms with Crippen LogP contribution in [0, 0.1) is 0 Å². The molecule has 80 valence electrons. The molecule has 1 aromatic carbocycles. The zero-order valence-corrected chi connectivity index (χ0v) is 8.97. The lowest BCUT2D eigenvalue weighted by Gasteiger charge is -2.23. The molecule has 4 nitrogen and oxygen atoms in total. The highest BCUT2D eigenvalue weighted by molar-refractivity contribution is 5.97. The average Bonchev–Trinajstić information content (AvgIpc) is 2.56. The predicted molar refractivity (Wildman–Crippen MR) is 61.0 cm³/mol. The van der Waals surface area contributed by atoms with E-state index >= 15 is 0 Å². The SMILES string of the molecule is CC(C)N1CN(C(N)=O)c2ccccc21. The number of fused-ring (bicyclic) bond motifs is 1. The highest BCUT2D eigenvalue weighted by atomic mass is 16.2. The summed E-state index contributed by atoms with van der Waals surface area (Å²) in [6.45, 7) is 4.74. The lowest BCUT2D eigenvalue weighted by Crippen LogP contribution is -2.41. The second-order valence-corrected chi connectivity index (χ2v) is 3.96. The van der Waals surface area contributed by atoms with Crippen LogP contribution in [0.3, 0.4) is 0 Å². The van der Waals surface area contributed by atoms with Gasteiger partial charge in [-0.1, -0.05) is 12.1 Å². The number of nitrogens with zero attached hydrogens (tertiary/aromatic N) is 2. The van der Waals surface area contributed by atoms with Crippen molar-refractivity contribution < 1.29 is 4.79 Å². The van der Waals surface area contributed by atoms with Crippen LogP contribution in [0.25, 0.3) is 0 Å². The van der Waals surface area contributed by atoms with Crippen molar-refractivity contribution in [2.45, 2.75) is 19.9 Å². The smallest absolute Gasteiger partial charge is 0.320 e. The summed E-state index contributed by atoms with van der Waals surface area (Å²) in [5, 5.41) is 0. The molecular formula is C11H15N3O. The summed E-state index contributed by atoms with van der Waals surface area (Å²) in [5.41, 5.74) is 7.31. The van der Waals surface area contributed by atoms with Gasteiger partial charge >= 0.3 is 6.03 Å². The van der Waals surface area contributed by atoms with Crippen molar-refractivity contribution in [3.63, 3.8) is 0 Å². The first-order valence-corrected chi connectivity index (χ1v) is 5.04. The first-order chi connectivity index (χ1) is 7.11. The molecule has 0 atom stereocenters. The molecule has 0 aromatic heterocycles. The van der Waals surface area contributed by atoms with Crippen LogP contribution < -0.4 is 15.5 Å². The first-order valence-electron chi connectivity index (χ1n) is 5.04. The first kappa shape index (κ1) is 9.83. The molecular weight excluding hydrogens is 190 g/mol. The van der Waals surface area contributed by atoms with Gasteiger partial charge in [-0.3, -0.25) is 4.90 Å². The van der Waals surface area contributed by atoms with E-state index in [-0.39, 0.29) is 0 Å². The van der Waals surface area contributed by atoms with Crippen LogP contribution in [0.4, 0.5) is 16.2 Å². The number of para-hydroxylation sites is 2. The zero-order valence-electron chi connectivity index (χ0n) is 8.97. The number of nitrogens with two attached hydrogens (primary N) is 1. The molecule has 2 N–H and O–H groups in total. The Morgan fingerprint density at radius 1 is 1.33 bits per heavy atom. The molecule has 1 heterocycles. The summed E-state index contributed by atoms with van der Waals surface area (Å²) < 4.78 is 0. The molecule has 1 aliphatic rings. The van der Waals surface area contributed by atoms with Gasteiger partial charge in [0.15, 0.2) is 0 Å². The number of carbonyl (C=O) groups excluding carboxylic acids is 1. The van der Waals surface area contributed by atoms with Crippen molar-refractivity contribution in [1.82, 2.24) is 0 Å². The number of rotatable bonds is 1. The van der Waals surface area contributed by atoms with Crippen LogP contribution in [-0.4, -0.2) is 18.7 Å². The van der Waals surface area contributed by atoms with E-state index in [4.69, 9.17) is 5.73 Å². The van der Waals surface area contributed by atoms with E-state index in [1.165, 1.54) is 0 Å².